The zero-order chi connectivity index (χ0) is 13.5. The maximum atomic E-state index is 13.2. The van der Waals surface area contributed by atoms with Gasteiger partial charge in [0.2, 0.25) is 0 Å². The van der Waals surface area contributed by atoms with Gasteiger partial charge in [0.05, 0.1) is 18.8 Å². The second kappa shape index (κ2) is 7.44. The van der Waals surface area contributed by atoms with E-state index in [9.17, 15) is 8.78 Å². The summed E-state index contributed by atoms with van der Waals surface area (Å²) >= 11 is 0. The molecule has 0 amide bonds. The predicted molar refractivity (Wildman–Crippen MR) is 68.5 cm³/mol. The summed E-state index contributed by atoms with van der Waals surface area (Å²) in [5, 5.41) is 3.24. The highest BCUT2D eigenvalue weighted by Gasteiger charge is 2.14. The summed E-state index contributed by atoms with van der Waals surface area (Å²) in [7, 11) is 0. The first-order valence-electron chi connectivity index (χ1n) is 6.34. The quantitative estimate of drug-likeness (QED) is 0.808. The van der Waals surface area contributed by atoms with Crippen molar-refractivity contribution in [1.29, 1.82) is 0 Å². The van der Waals surface area contributed by atoms with Crippen molar-refractivity contribution in [3.05, 3.63) is 35.4 Å². The molecule has 1 atom stereocenters. The van der Waals surface area contributed by atoms with Crippen LogP contribution in [0.5, 0.6) is 0 Å². The van der Waals surface area contributed by atoms with Crippen LogP contribution in [-0.4, -0.2) is 19.3 Å². The van der Waals surface area contributed by atoms with Gasteiger partial charge in [0, 0.05) is 6.07 Å². The van der Waals surface area contributed by atoms with Crippen LogP contribution in [0.4, 0.5) is 8.78 Å². The molecule has 0 saturated carbocycles. The molecule has 0 bridgehead atoms. The minimum absolute atomic E-state index is 0.0920. The number of nitrogens with one attached hydrogen (secondary N) is 1. The maximum Gasteiger partial charge on any atom is 0.126 e. The van der Waals surface area contributed by atoms with Gasteiger partial charge in [0.15, 0.2) is 0 Å². The van der Waals surface area contributed by atoms with Crippen molar-refractivity contribution < 1.29 is 13.5 Å². The van der Waals surface area contributed by atoms with Gasteiger partial charge in [-0.05, 0) is 44.5 Å². The third-order valence-corrected chi connectivity index (χ3v) is 2.52. The van der Waals surface area contributed by atoms with Gasteiger partial charge in [-0.25, -0.2) is 8.78 Å². The van der Waals surface area contributed by atoms with Crippen molar-refractivity contribution in [1.82, 2.24) is 5.32 Å². The monoisotopic (exact) mass is 257 g/mol. The van der Waals surface area contributed by atoms with Crippen molar-refractivity contribution in [3.8, 4) is 0 Å². The second-order valence-electron chi connectivity index (χ2n) is 4.59. The van der Waals surface area contributed by atoms with Gasteiger partial charge >= 0.3 is 0 Å². The normalized spacial score (nSPS) is 13.0. The van der Waals surface area contributed by atoms with Gasteiger partial charge in [-0.2, -0.15) is 0 Å². The zero-order valence-corrected chi connectivity index (χ0v) is 11.2. The molecule has 1 N–H and O–H groups in total. The number of hydrogen-bond donors (Lipinski definition) is 1. The Kier molecular flexibility index (Phi) is 6.22. The molecule has 0 saturated heterocycles. The molecule has 0 aliphatic carbocycles. The van der Waals surface area contributed by atoms with E-state index in [2.05, 4.69) is 5.32 Å². The summed E-state index contributed by atoms with van der Waals surface area (Å²) in [6, 6.07) is 3.39. The lowest BCUT2D eigenvalue weighted by molar-refractivity contribution is 0.0610. The summed E-state index contributed by atoms with van der Waals surface area (Å²) in [5.74, 6) is -1.12. The van der Waals surface area contributed by atoms with Crippen LogP contribution in [0, 0.1) is 11.6 Å². The molecule has 0 aliphatic rings. The van der Waals surface area contributed by atoms with Crippen LogP contribution in [-0.2, 0) is 4.74 Å². The minimum Gasteiger partial charge on any atom is -0.377 e. The molecule has 0 radical (unpaired) electrons. The van der Waals surface area contributed by atoms with Gasteiger partial charge in [-0.15, -0.1) is 0 Å². The summed E-state index contributed by atoms with van der Waals surface area (Å²) in [6.45, 7) is 7.09. The zero-order valence-electron chi connectivity index (χ0n) is 11.2. The van der Waals surface area contributed by atoms with E-state index in [1.807, 2.05) is 20.8 Å². The van der Waals surface area contributed by atoms with Crippen LogP contribution in [0.3, 0.4) is 0 Å². The fourth-order valence-electron chi connectivity index (χ4n) is 1.66. The van der Waals surface area contributed by atoms with Gasteiger partial charge in [0.1, 0.15) is 11.6 Å². The van der Waals surface area contributed by atoms with Crippen molar-refractivity contribution in [3.63, 3.8) is 0 Å². The Morgan fingerprint density at radius 2 is 1.78 bits per heavy atom. The SMILES string of the molecule is CCCNC(COC(C)C)c1cc(F)cc(F)c1. The van der Waals surface area contributed by atoms with Crippen LogP contribution >= 0.6 is 0 Å². The predicted octanol–water partition coefficient (Wildman–Crippen LogP) is 3.43. The Morgan fingerprint density at radius 1 is 1.17 bits per heavy atom. The Balaban J connectivity index is 2.79. The van der Waals surface area contributed by atoms with Gasteiger partial charge in [-0.1, -0.05) is 6.92 Å². The molecule has 0 heterocycles. The first-order valence-corrected chi connectivity index (χ1v) is 6.34. The molecule has 1 aromatic rings. The lowest BCUT2D eigenvalue weighted by Gasteiger charge is -2.20. The van der Waals surface area contributed by atoms with Gasteiger partial charge in [-0.3, -0.25) is 0 Å². The topological polar surface area (TPSA) is 21.3 Å². The molecular weight excluding hydrogens is 236 g/mol. The summed E-state index contributed by atoms with van der Waals surface area (Å²) in [4.78, 5) is 0. The number of hydrogen-bond acceptors (Lipinski definition) is 2. The third-order valence-electron chi connectivity index (χ3n) is 2.52. The molecule has 0 fully saturated rings. The molecular formula is C14H21F2NO. The fraction of sp³-hybridized carbons (Fsp3) is 0.571. The average molecular weight is 257 g/mol. The van der Waals surface area contributed by atoms with Crippen molar-refractivity contribution in [2.24, 2.45) is 0 Å². The van der Waals surface area contributed by atoms with Crippen LogP contribution in [0.2, 0.25) is 0 Å². The maximum absolute atomic E-state index is 13.2. The Labute approximate surface area is 107 Å². The molecule has 1 aromatic carbocycles. The highest BCUT2D eigenvalue weighted by molar-refractivity contribution is 5.21. The Hall–Kier alpha value is -1.00. The Morgan fingerprint density at radius 3 is 2.28 bits per heavy atom. The van der Waals surface area contributed by atoms with E-state index >= 15 is 0 Å². The van der Waals surface area contributed by atoms with Gasteiger partial charge in [0.25, 0.3) is 0 Å². The largest absolute Gasteiger partial charge is 0.377 e. The van der Waals surface area contributed by atoms with E-state index in [4.69, 9.17) is 4.74 Å². The second-order valence-corrected chi connectivity index (χ2v) is 4.59. The van der Waals surface area contributed by atoms with Crippen molar-refractivity contribution in [2.75, 3.05) is 13.2 Å². The molecule has 1 rings (SSSR count). The standard InChI is InChI=1S/C14H21F2NO/c1-4-5-17-14(9-18-10(2)3)11-6-12(15)8-13(16)7-11/h6-8,10,14,17H,4-5,9H2,1-3H3. The summed E-state index contributed by atoms with van der Waals surface area (Å²) < 4.78 is 31.9. The highest BCUT2D eigenvalue weighted by Crippen LogP contribution is 2.17. The smallest absolute Gasteiger partial charge is 0.126 e. The lowest BCUT2D eigenvalue weighted by atomic mass is 10.1. The molecule has 18 heavy (non-hydrogen) atoms. The van der Waals surface area contributed by atoms with E-state index in [-0.39, 0.29) is 12.1 Å². The van der Waals surface area contributed by atoms with E-state index in [1.54, 1.807) is 0 Å². The van der Waals surface area contributed by atoms with E-state index in [0.29, 0.717) is 12.2 Å². The molecule has 102 valence electrons. The van der Waals surface area contributed by atoms with Crippen LogP contribution in [0.15, 0.2) is 18.2 Å². The first kappa shape index (κ1) is 15.1. The van der Waals surface area contributed by atoms with Crippen molar-refractivity contribution in [2.45, 2.75) is 39.3 Å². The summed E-state index contributed by atoms with van der Waals surface area (Å²) in [6.07, 6.45) is 1.05. The Bertz CT molecular complexity index is 349. The van der Waals surface area contributed by atoms with E-state index in [0.717, 1.165) is 19.0 Å². The average Bonchev–Trinajstić information content (AvgIpc) is 2.27. The highest BCUT2D eigenvalue weighted by atomic mass is 19.1. The van der Waals surface area contributed by atoms with Gasteiger partial charge < -0.3 is 10.1 Å². The number of ether oxygens (including phenoxy) is 1. The number of rotatable bonds is 7. The number of halogens is 2. The van der Waals surface area contributed by atoms with E-state index in [1.165, 1.54) is 12.1 Å². The first-order chi connectivity index (χ1) is 8.52. The molecule has 4 heteroatoms. The lowest BCUT2D eigenvalue weighted by Crippen LogP contribution is -2.27. The number of benzene rings is 1. The van der Waals surface area contributed by atoms with Crippen LogP contribution in [0.25, 0.3) is 0 Å². The van der Waals surface area contributed by atoms with Crippen molar-refractivity contribution >= 4 is 0 Å². The van der Waals surface area contributed by atoms with E-state index < -0.39 is 11.6 Å². The summed E-state index contributed by atoms with van der Waals surface area (Å²) in [5.41, 5.74) is 0.585. The molecule has 0 aliphatic heterocycles. The third kappa shape index (κ3) is 5.10. The fourth-order valence-corrected chi connectivity index (χ4v) is 1.66. The van der Waals surface area contributed by atoms with Crippen LogP contribution < -0.4 is 5.32 Å². The van der Waals surface area contributed by atoms with Crippen LogP contribution in [0.1, 0.15) is 38.8 Å². The molecule has 0 spiro atoms. The molecule has 0 aromatic heterocycles. The molecule has 1 unspecified atom stereocenters. The minimum atomic E-state index is -0.558. The molecule has 2 nitrogen and oxygen atoms in total.